The predicted molar refractivity (Wildman–Crippen MR) is 113 cm³/mol. The average molecular weight is 468 g/mol. The highest BCUT2D eigenvalue weighted by molar-refractivity contribution is 7.89. The molecule has 3 aromatic rings. The minimum atomic E-state index is -3.90. The lowest BCUT2D eigenvalue weighted by Crippen LogP contribution is -2.43. The number of piperidine rings is 1. The van der Waals surface area contributed by atoms with Gasteiger partial charge in [0, 0.05) is 31.9 Å². The number of aromatic nitrogens is 1. The number of amides is 1. The van der Waals surface area contributed by atoms with Crippen LogP contribution in [0.15, 0.2) is 50.5 Å². The number of hydrogen-bond donors (Lipinski definition) is 1. The third-order valence-corrected chi connectivity index (χ3v) is 7.49. The summed E-state index contributed by atoms with van der Waals surface area (Å²) in [5.41, 5.74) is 0.992. The maximum absolute atomic E-state index is 13.3. The minimum Gasteiger partial charge on any atom is -0.408 e. The van der Waals surface area contributed by atoms with Crippen molar-refractivity contribution in [3.8, 4) is 0 Å². The van der Waals surface area contributed by atoms with Crippen molar-refractivity contribution in [3.05, 3.63) is 57.8 Å². The van der Waals surface area contributed by atoms with E-state index in [-0.39, 0.29) is 34.5 Å². The number of benzene rings is 2. The van der Waals surface area contributed by atoms with Gasteiger partial charge in [-0.1, -0.05) is 11.6 Å². The molecule has 1 unspecified atom stereocenters. The van der Waals surface area contributed by atoms with Crippen LogP contribution in [0.5, 0.6) is 0 Å². The van der Waals surface area contributed by atoms with E-state index >= 15 is 0 Å². The van der Waals surface area contributed by atoms with Gasteiger partial charge in [-0.3, -0.25) is 9.36 Å². The molecule has 0 bridgehead atoms. The summed E-state index contributed by atoms with van der Waals surface area (Å²) in [5, 5.41) is 2.54. The SMILES string of the molecule is Cn1c(=O)oc2cc(S(=O)(=O)N3CCCC(C(=O)Nc4ccc(F)c(Cl)c4)C3)ccc21. The van der Waals surface area contributed by atoms with Crippen LogP contribution in [0.3, 0.4) is 0 Å². The standard InChI is InChI=1S/C20H19ClFN3O5S/c1-24-17-7-5-14(10-18(17)30-20(24)27)31(28,29)25-8-2-3-12(11-25)19(26)23-13-4-6-16(22)15(21)9-13/h4-7,9-10,12H,2-3,8,11H2,1H3,(H,23,26). The second-order valence-electron chi connectivity index (χ2n) is 7.38. The Bertz CT molecular complexity index is 1330. The molecule has 1 fully saturated rings. The zero-order valence-electron chi connectivity index (χ0n) is 16.5. The third kappa shape index (κ3) is 4.10. The summed E-state index contributed by atoms with van der Waals surface area (Å²) in [6.45, 7) is 0.269. The van der Waals surface area contributed by atoms with E-state index in [1.54, 1.807) is 0 Å². The highest BCUT2D eigenvalue weighted by Crippen LogP contribution is 2.27. The first-order valence-electron chi connectivity index (χ1n) is 9.52. The van der Waals surface area contributed by atoms with Crippen molar-refractivity contribution < 1.29 is 22.0 Å². The number of rotatable bonds is 4. The maximum Gasteiger partial charge on any atom is 0.419 e. The Labute approximate surface area is 182 Å². The zero-order chi connectivity index (χ0) is 22.3. The zero-order valence-corrected chi connectivity index (χ0v) is 18.0. The van der Waals surface area contributed by atoms with Crippen LogP contribution in [-0.2, 0) is 21.9 Å². The molecule has 0 saturated carbocycles. The van der Waals surface area contributed by atoms with Crippen LogP contribution in [0.1, 0.15) is 12.8 Å². The summed E-state index contributed by atoms with van der Waals surface area (Å²) in [7, 11) is -2.37. The highest BCUT2D eigenvalue weighted by atomic mass is 35.5. The predicted octanol–water partition coefficient (Wildman–Crippen LogP) is 2.96. The van der Waals surface area contributed by atoms with Gasteiger partial charge in [-0.2, -0.15) is 4.31 Å². The molecule has 11 heteroatoms. The lowest BCUT2D eigenvalue weighted by molar-refractivity contribution is -0.120. The number of oxazole rings is 1. The Kier molecular flexibility index (Phi) is 5.63. The fourth-order valence-electron chi connectivity index (χ4n) is 3.62. The van der Waals surface area contributed by atoms with Gasteiger partial charge in [-0.05, 0) is 43.2 Å². The van der Waals surface area contributed by atoms with Crippen molar-refractivity contribution in [2.45, 2.75) is 17.7 Å². The molecule has 1 amide bonds. The summed E-state index contributed by atoms with van der Waals surface area (Å²) in [6, 6.07) is 8.08. The van der Waals surface area contributed by atoms with Crippen LogP contribution in [0.2, 0.25) is 5.02 Å². The third-order valence-electron chi connectivity index (χ3n) is 5.34. The summed E-state index contributed by atoms with van der Waals surface area (Å²) in [5.74, 6) is -2.13. The first kappa shape index (κ1) is 21.5. The van der Waals surface area contributed by atoms with E-state index in [1.807, 2.05) is 0 Å². The average Bonchev–Trinajstić information content (AvgIpc) is 3.04. The molecule has 164 valence electrons. The van der Waals surface area contributed by atoms with Gasteiger partial charge in [-0.25, -0.2) is 17.6 Å². The van der Waals surface area contributed by atoms with Crippen LogP contribution in [0.25, 0.3) is 11.1 Å². The van der Waals surface area contributed by atoms with Crippen LogP contribution >= 0.6 is 11.6 Å². The summed E-state index contributed by atoms with van der Waals surface area (Å²) in [4.78, 5) is 24.3. The van der Waals surface area contributed by atoms with E-state index in [0.29, 0.717) is 24.0 Å². The molecule has 8 nitrogen and oxygen atoms in total. The second-order valence-corrected chi connectivity index (χ2v) is 9.72. The molecule has 1 N–H and O–H groups in total. The fraction of sp³-hybridized carbons (Fsp3) is 0.300. The van der Waals surface area contributed by atoms with E-state index in [0.717, 1.165) is 6.07 Å². The summed E-state index contributed by atoms with van der Waals surface area (Å²) >= 11 is 5.74. The number of hydrogen-bond acceptors (Lipinski definition) is 5. The number of halogens is 2. The molecule has 4 rings (SSSR count). The minimum absolute atomic E-state index is 0.000130. The van der Waals surface area contributed by atoms with Gasteiger partial charge in [0.05, 0.1) is 21.4 Å². The van der Waals surface area contributed by atoms with Crippen LogP contribution in [0.4, 0.5) is 10.1 Å². The second kappa shape index (κ2) is 8.10. The van der Waals surface area contributed by atoms with Crippen molar-refractivity contribution in [1.82, 2.24) is 8.87 Å². The molecule has 1 atom stereocenters. The topological polar surface area (TPSA) is 102 Å². The Balaban J connectivity index is 1.53. The number of aryl methyl sites for hydroxylation is 1. The fourth-order valence-corrected chi connectivity index (χ4v) is 5.34. The van der Waals surface area contributed by atoms with E-state index in [4.69, 9.17) is 16.0 Å². The number of carbonyl (C=O) groups excluding carboxylic acids is 1. The highest BCUT2D eigenvalue weighted by Gasteiger charge is 2.33. The van der Waals surface area contributed by atoms with Gasteiger partial charge in [0.2, 0.25) is 15.9 Å². The largest absolute Gasteiger partial charge is 0.419 e. The van der Waals surface area contributed by atoms with Crippen LogP contribution in [-0.4, -0.2) is 36.3 Å². The van der Waals surface area contributed by atoms with E-state index in [2.05, 4.69) is 5.32 Å². The monoisotopic (exact) mass is 467 g/mol. The lowest BCUT2D eigenvalue weighted by Gasteiger charge is -2.31. The molecule has 2 heterocycles. The number of nitrogens with one attached hydrogen (secondary N) is 1. The van der Waals surface area contributed by atoms with E-state index < -0.39 is 27.5 Å². The van der Waals surface area contributed by atoms with Crippen molar-refractivity contribution in [2.24, 2.45) is 13.0 Å². The lowest BCUT2D eigenvalue weighted by atomic mass is 9.99. The number of nitrogens with zero attached hydrogens (tertiary/aromatic N) is 2. The van der Waals surface area contributed by atoms with E-state index in [1.165, 1.54) is 46.3 Å². The molecule has 0 radical (unpaired) electrons. The van der Waals surface area contributed by atoms with Crippen LogP contribution in [0, 0.1) is 11.7 Å². The van der Waals surface area contributed by atoms with Crippen molar-refractivity contribution in [1.29, 1.82) is 0 Å². The smallest absolute Gasteiger partial charge is 0.408 e. The molecule has 1 aliphatic rings. The molecule has 0 spiro atoms. The Morgan fingerprint density at radius 1 is 1.26 bits per heavy atom. The first-order chi connectivity index (χ1) is 14.7. The van der Waals surface area contributed by atoms with Gasteiger partial charge >= 0.3 is 5.76 Å². The van der Waals surface area contributed by atoms with Crippen molar-refractivity contribution >= 4 is 44.3 Å². The molecule has 2 aromatic carbocycles. The molecular weight excluding hydrogens is 449 g/mol. The molecule has 0 aliphatic carbocycles. The van der Waals surface area contributed by atoms with Crippen molar-refractivity contribution in [3.63, 3.8) is 0 Å². The summed E-state index contributed by atoms with van der Waals surface area (Å²) in [6.07, 6.45) is 1.02. The maximum atomic E-state index is 13.3. The number of anilines is 1. The van der Waals surface area contributed by atoms with Gasteiger partial charge in [0.1, 0.15) is 5.82 Å². The number of carbonyl (C=O) groups is 1. The Hall–Kier alpha value is -2.69. The number of sulfonamides is 1. The van der Waals surface area contributed by atoms with E-state index in [9.17, 15) is 22.4 Å². The first-order valence-corrected chi connectivity index (χ1v) is 11.3. The molecule has 1 aliphatic heterocycles. The normalized spacial score (nSPS) is 17.7. The molecule has 31 heavy (non-hydrogen) atoms. The Morgan fingerprint density at radius 2 is 2.03 bits per heavy atom. The van der Waals surface area contributed by atoms with Gasteiger partial charge in [0.15, 0.2) is 5.58 Å². The summed E-state index contributed by atoms with van der Waals surface area (Å²) < 4.78 is 47.2. The van der Waals surface area contributed by atoms with Crippen molar-refractivity contribution in [2.75, 3.05) is 18.4 Å². The van der Waals surface area contributed by atoms with Gasteiger partial charge in [-0.15, -0.1) is 0 Å². The molecule has 1 saturated heterocycles. The number of fused-ring (bicyclic) bond motifs is 1. The quantitative estimate of drug-likeness (QED) is 0.635. The van der Waals surface area contributed by atoms with Gasteiger partial charge < -0.3 is 9.73 Å². The molecular formula is C20H19ClFN3O5S. The van der Waals surface area contributed by atoms with Crippen LogP contribution < -0.4 is 11.1 Å². The Morgan fingerprint density at radius 3 is 2.77 bits per heavy atom. The molecule has 1 aromatic heterocycles. The van der Waals surface area contributed by atoms with Gasteiger partial charge in [0.25, 0.3) is 0 Å².